The molecule has 0 amide bonds. The summed E-state index contributed by atoms with van der Waals surface area (Å²) in [6.45, 7) is 3.64. The Labute approximate surface area is 174 Å². The van der Waals surface area contributed by atoms with Gasteiger partial charge in [0.15, 0.2) is 5.96 Å². The highest BCUT2D eigenvalue weighted by atomic mass is 19.4. The third kappa shape index (κ3) is 6.22. The van der Waals surface area contributed by atoms with Gasteiger partial charge in [-0.2, -0.15) is 13.2 Å². The molecule has 1 N–H and O–H groups in total. The van der Waals surface area contributed by atoms with Gasteiger partial charge >= 0.3 is 6.18 Å². The zero-order chi connectivity index (χ0) is 21.6. The van der Waals surface area contributed by atoms with Gasteiger partial charge in [0.1, 0.15) is 6.26 Å². The van der Waals surface area contributed by atoms with Gasteiger partial charge < -0.3 is 14.6 Å². The van der Waals surface area contributed by atoms with Crippen molar-refractivity contribution in [3.05, 3.63) is 42.3 Å². The molecule has 6 nitrogen and oxygen atoms in total. The Morgan fingerprint density at radius 3 is 2.77 bits per heavy atom. The number of benzene rings is 1. The number of nitrogens with zero attached hydrogens (tertiary/aromatic N) is 4. The predicted molar refractivity (Wildman–Crippen MR) is 110 cm³/mol. The van der Waals surface area contributed by atoms with E-state index in [9.17, 15) is 13.2 Å². The summed E-state index contributed by atoms with van der Waals surface area (Å²) in [7, 11) is 1.70. The van der Waals surface area contributed by atoms with Crippen LogP contribution in [0.2, 0.25) is 0 Å². The van der Waals surface area contributed by atoms with Crippen molar-refractivity contribution in [2.24, 2.45) is 10.9 Å². The number of guanidine groups is 1. The molecule has 0 spiro atoms. The Hall–Kier alpha value is -2.55. The summed E-state index contributed by atoms with van der Waals surface area (Å²) >= 11 is 0. The fraction of sp³-hybridized carbons (Fsp3) is 0.524. The van der Waals surface area contributed by atoms with Crippen molar-refractivity contribution in [2.45, 2.75) is 26.1 Å². The first-order chi connectivity index (χ1) is 14.4. The van der Waals surface area contributed by atoms with E-state index < -0.39 is 12.7 Å². The third-order valence-electron chi connectivity index (χ3n) is 5.16. The monoisotopic (exact) mass is 423 g/mol. The first kappa shape index (κ1) is 22.1. The van der Waals surface area contributed by atoms with Crippen molar-refractivity contribution in [2.75, 3.05) is 39.8 Å². The molecular weight excluding hydrogens is 395 g/mol. The van der Waals surface area contributed by atoms with E-state index >= 15 is 0 Å². The summed E-state index contributed by atoms with van der Waals surface area (Å²) in [6.07, 6.45) is -1.70. The summed E-state index contributed by atoms with van der Waals surface area (Å²) in [5.74, 6) is 1.47. The van der Waals surface area contributed by atoms with Gasteiger partial charge in [-0.05, 0) is 31.0 Å². The van der Waals surface area contributed by atoms with Crippen molar-refractivity contribution in [3.63, 3.8) is 0 Å². The molecule has 1 aliphatic rings. The summed E-state index contributed by atoms with van der Waals surface area (Å²) in [4.78, 5) is 12.4. The lowest BCUT2D eigenvalue weighted by molar-refractivity contribution is -0.146. The smallest absolute Gasteiger partial charge is 0.401 e. The van der Waals surface area contributed by atoms with Gasteiger partial charge in [-0.15, -0.1) is 0 Å². The molecule has 164 valence electrons. The molecule has 3 rings (SSSR count). The Bertz CT molecular complexity index is 822. The molecule has 1 atom stereocenters. The molecule has 0 aliphatic carbocycles. The fourth-order valence-electron chi connectivity index (χ4n) is 3.70. The van der Waals surface area contributed by atoms with Gasteiger partial charge in [0.05, 0.1) is 18.8 Å². The van der Waals surface area contributed by atoms with Crippen molar-refractivity contribution < 1.29 is 17.6 Å². The maximum Gasteiger partial charge on any atom is 0.401 e. The quantitative estimate of drug-likeness (QED) is 0.545. The average molecular weight is 423 g/mol. The van der Waals surface area contributed by atoms with Crippen LogP contribution in [-0.2, 0) is 6.54 Å². The van der Waals surface area contributed by atoms with Crippen LogP contribution in [0.1, 0.15) is 19.0 Å². The third-order valence-corrected chi connectivity index (χ3v) is 5.16. The second-order valence-electron chi connectivity index (χ2n) is 7.45. The van der Waals surface area contributed by atoms with E-state index in [1.807, 2.05) is 30.3 Å². The highest BCUT2D eigenvalue weighted by Crippen LogP contribution is 2.22. The largest absolute Gasteiger partial charge is 0.444 e. The maximum absolute atomic E-state index is 12.7. The van der Waals surface area contributed by atoms with Gasteiger partial charge in [-0.3, -0.25) is 9.89 Å². The molecular formula is C21H28F3N5O. The van der Waals surface area contributed by atoms with Crippen molar-refractivity contribution in [3.8, 4) is 11.5 Å². The van der Waals surface area contributed by atoms with Crippen molar-refractivity contribution in [1.82, 2.24) is 20.1 Å². The van der Waals surface area contributed by atoms with Crippen molar-refractivity contribution >= 4 is 5.96 Å². The molecule has 1 fully saturated rings. The number of rotatable bonds is 7. The minimum atomic E-state index is -4.16. The Balaban J connectivity index is 1.51. The molecule has 1 aromatic carbocycles. The summed E-state index contributed by atoms with van der Waals surface area (Å²) in [5.41, 5.74) is 1.67. The SMILES string of the molecule is CCN(CC1CCN(C(=NC)NCc2coc(-c3ccccc3)n2)C1)CC(F)(F)F. The number of aliphatic imine (C=N–C) groups is 1. The number of hydrogen-bond acceptors (Lipinski definition) is 4. The minimum absolute atomic E-state index is 0.183. The number of likely N-dealkylation sites (tertiary alicyclic amines) is 1. The highest BCUT2D eigenvalue weighted by Gasteiger charge is 2.33. The van der Waals surface area contributed by atoms with Crippen LogP contribution in [0.3, 0.4) is 0 Å². The Morgan fingerprint density at radius 1 is 1.33 bits per heavy atom. The Morgan fingerprint density at radius 2 is 2.10 bits per heavy atom. The normalized spacial score (nSPS) is 17.7. The molecule has 1 aromatic heterocycles. The highest BCUT2D eigenvalue weighted by molar-refractivity contribution is 5.80. The number of oxazole rings is 1. The summed E-state index contributed by atoms with van der Waals surface area (Å²) in [6, 6.07) is 9.66. The fourth-order valence-corrected chi connectivity index (χ4v) is 3.70. The average Bonchev–Trinajstić information content (AvgIpc) is 3.38. The zero-order valence-electron chi connectivity index (χ0n) is 17.3. The number of nitrogens with one attached hydrogen (secondary N) is 1. The lowest BCUT2D eigenvalue weighted by atomic mass is 10.1. The molecule has 2 heterocycles. The number of alkyl halides is 3. The maximum atomic E-state index is 12.7. The minimum Gasteiger partial charge on any atom is -0.444 e. The van der Waals surface area contributed by atoms with Crippen LogP contribution in [0, 0.1) is 5.92 Å². The first-order valence-corrected chi connectivity index (χ1v) is 10.1. The number of halogens is 3. The van der Waals surface area contributed by atoms with Gasteiger partial charge in [0, 0.05) is 32.2 Å². The molecule has 0 saturated carbocycles. The van der Waals surface area contributed by atoms with E-state index in [1.165, 1.54) is 4.90 Å². The van der Waals surface area contributed by atoms with Crippen LogP contribution in [0.25, 0.3) is 11.5 Å². The van der Waals surface area contributed by atoms with Crippen LogP contribution >= 0.6 is 0 Å². The van der Waals surface area contributed by atoms with Crippen LogP contribution < -0.4 is 5.32 Å². The van der Waals surface area contributed by atoms with Crippen LogP contribution in [-0.4, -0.2) is 66.7 Å². The van der Waals surface area contributed by atoms with E-state index in [1.54, 1.807) is 20.2 Å². The van der Waals surface area contributed by atoms with E-state index in [2.05, 4.69) is 20.2 Å². The molecule has 9 heteroatoms. The number of hydrogen-bond donors (Lipinski definition) is 1. The first-order valence-electron chi connectivity index (χ1n) is 10.1. The molecule has 0 bridgehead atoms. The molecule has 0 radical (unpaired) electrons. The van der Waals surface area contributed by atoms with E-state index in [0.29, 0.717) is 32.1 Å². The number of aromatic nitrogens is 1. The molecule has 1 unspecified atom stereocenters. The lowest BCUT2D eigenvalue weighted by Gasteiger charge is -2.26. The van der Waals surface area contributed by atoms with Gasteiger partial charge in [0.25, 0.3) is 0 Å². The lowest BCUT2D eigenvalue weighted by Crippen LogP contribution is -2.41. The molecule has 2 aromatic rings. The molecule has 30 heavy (non-hydrogen) atoms. The van der Waals surface area contributed by atoms with Crippen LogP contribution in [0.5, 0.6) is 0 Å². The molecule has 1 aliphatic heterocycles. The second-order valence-corrected chi connectivity index (χ2v) is 7.45. The molecule has 1 saturated heterocycles. The van der Waals surface area contributed by atoms with E-state index in [4.69, 9.17) is 4.42 Å². The van der Waals surface area contributed by atoms with Gasteiger partial charge in [-0.1, -0.05) is 25.1 Å². The Kier molecular flexibility index (Phi) is 7.36. The summed E-state index contributed by atoms with van der Waals surface area (Å²) in [5, 5.41) is 3.28. The zero-order valence-corrected chi connectivity index (χ0v) is 17.3. The van der Waals surface area contributed by atoms with E-state index in [-0.39, 0.29) is 5.92 Å². The van der Waals surface area contributed by atoms with Crippen LogP contribution in [0.4, 0.5) is 13.2 Å². The predicted octanol–water partition coefficient (Wildman–Crippen LogP) is 3.62. The summed E-state index contributed by atoms with van der Waals surface area (Å²) < 4.78 is 43.7. The standard InChI is InChI=1S/C21H28F3N5O/c1-3-28(15-21(22,23)24)12-16-9-10-29(13-16)20(25-2)26-11-18-14-30-19(27-18)17-7-5-4-6-8-17/h4-8,14,16H,3,9-13,15H2,1-2H3,(H,25,26). The van der Waals surface area contributed by atoms with Gasteiger partial charge in [0.2, 0.25) is 5.89 Å². The van der Waals surface area contributed by atoms with Crippen LogP contribution in [0.15, 0.2) is 46.0 Å². The second kappa shape index (κ2) is 9.97. The van der Waals surface area contributed by atoms with Gasteiger partial charge in [-0.25, -0.2) is 4.98 Å². The van der Waals surface area contributed by atoms with E-state index in [0.717, 1.165) is 30.2 Å². The topological polar surface area (TPSA) is 56.9 Å². The van der Waals surface area contributed by atoms with Crippen molar-refractivity contribution in [1.29, 1.82) is 0 Å².